The Labute approximate surface area is 67.4 Å². The summed E-state index contributed by atoms with van der Waals surface area (Å²) in [5.74, 6) is 0. The van der Waals surface area contributed by atoms with Crippen molar-refractivity contribution in [3.8, 4) is 0 Å². The van der Waals surface area contributed by atoms with Gasteiger partial charge in [0, 0.05) is 10.2 Å². The van der Waals surface area contributed by atoms with Crippen LogP contribution in [0.25, 0.3) is 0 Å². The molecule has 0 bridgehead atoms. The third kappa shape index (κ3) is 8.35. The van der Waals surface area contributed by atoms with Crippen molar-refractivity contribution in [1.29, 1.82) is 0 Å². The SMILES string of the molecule is C[Si](C)(C)OOCCC[SiH3]. The van der Waals surface area contributed by atoms with Crippen LogP contribution in [0.4, 0.5) is 0 Å². The van der Waals surface area contributed by atoms with Crippen LogP contribution in [0.5, 0.6) is 0 Å². The van der Waals surface area contributed by atoms with Crippen molar-refractivity contribution in [1.82, 2.24) is 0 Å². The van der Waals surface area contributed by atoms with Crippen molar-refractivity contribution in [3.05, 3.63) is 0 Å². The van der Waals surface area contributed by atoms with Crippen LogP contribution in [0.3, 0.4) is 0 Å². The molecule has 0 aromatic carbocycles. The summed E-state index contributed by atoms with van der Waals surface area (Å²) in [4.78, 5) is 5.02. The molecule has 0 atom stereocenters. The minimum atomic E-state index is -1.42. The van der Waals surface area contributed by atoms with E-state index in [0.29, 0.717) is 0 Å². The van der Waals surface area contributed by atoms with Crippen LogP contribution in [0.1, 0.15) is 6.42 Å². The van der Waals surface area contributed by atoms with Gasteiger partial charge in [0.05, 0.1) is 6.61 Å². The second-order valence-electron chi connectivity index (χ2n) is 3.37. The Balaban J connectivity index is 3.04. The molecule has 0 amide bonds. The van der Waals surface area contributed by atoms with E-state index in [-0.39, 0.29) is 0 Å². The molecule has 0 saturated carbocycles. The van der Waals surface area contributed by atoms with E-state index < -0.39 is 8.32 Å². The van der Waals surface area contributed by atoms with Crippen LogP contribution in [0, 0.1) is 0 Å². The van der Waals surface area contributed by atoms with Crippen molar-refractivity contribution in [3.63, 3.8) is 0 Å². The molecule has 62 valence electrons. The summed E-state index contributed by atoms with van der Waals surface area (Å²) in [7, 11) is -0.147. The van der Waals surface area contributed by atoms with E-state index in [9.17, 15) is 0 Å². The van der Waals surface area contributed by atoms with Gasteiger partial charge in [-0.25, -0.2) is 4.89 Å². The molecule has 0 heterocycles. The normalized spacial score (nSPS) is 12.3. The lowest BCUT2D eigenvalue weighted by Crippen LogP contribution is -2.25. The molecular formula is C6H18O2Si2. The molecule has 2 nitrogen and oxygen atoms in total. The van der Waals surface area contributed by atoms with E-state index in [1.54, 1.807) is 0 Å². The van der Waals surface area contributed by atoms with Crippen molar-refractivity contribution in [2.24, 2.45) is 0 Å². The maximum Gasteiger partial charge on any atom is 0.230 e. The number of hydrogen-bond acceptors (Lipinski definition) is 2. The summed E-state index contributed by atoms with van der Waals surface area (Å²) in [6, 6.07) is 1.30. The summed E-state index contributed by atoms with van der Waals surface area (Å²) in [5.41, 5.74) is 0. The first kappa shape index (κ1) is 10.4. The summed E-state index contributed by atoms with van der Waals surface area (Å²) in [6.07, 6.45) is 1.15. The van der Waals surface area contributed by atoms with Gasteiger partial charge >= 0.3 is 0 Å². The molecule has 4 heteroatoms. The largest absolute Gasteiger partial charge is 0.287 e. The highest BCUT2D eigenvalue weighted by atomic mass is 28.4. The van der Waals surface area contributed by atoms with Gasteiger partial charge in [-0.3, -0.25) is 4.58 Å². The van der Waals surface area contributed by atoms with Gasteiger partial charge in [-0.2, -0.15) is 0 Å². The lowest BCUT2D eigenvalue weighted by Gasteiger charge is -2.14. The first-order valence-corrected chi connectivity index (χ1v) is 8.69. The van der Waals surface area contributed by atoms with Crippen molar-refractivity contribution >= 4 is 18.6 Å². The minimum Gasteiger partial charge on any atom is -0.287 e. The zero-order chi connectivity index (χ0) is 8.04. The van der Waals surface area contributed by atoms with E-state index in [1.165, 1.54) is 16.3 Å². The lowest BCUT2D eigenvalue weighted by molar-refractivity contribution is -0.217. The molecule has 0 aliphatic heterocycles. The highest BCUT2D eigenvalue weighted by molar-refractivity contribution is 6.69. The molecule has 0 fully saturated rings. The van der Waals surface area contributed by atoms with Crippen LogP contribution in [-0.2, 0) is 9.46 Å². The Hall–Kier alpha value is 0.354. The molecule has 10 heavy (non-hydrogen) atoms. The molecule has 0 N–H and O–H groups in total. The molecule has 0 aromatic rings. The van der Waals surface area contributed by atoms with Crippen LogP contribution in [0.2, 0.25) is 25.7 Å². The zero-order valence-electron chi connectivity index (χ0n) is 7.44. The Morgan fingerprint density at radius 2 is 1.90 bits per heavy atom. The molecule has 0 radical (unpaired) electrons. The van der Waals surface area contributed by atoms with Gasteiger partial charge in [0.15, 0.2) is 0 Å². The van der Waals surface area contributed by atoms with Gasteiger partial charge in [0.1, 0.15) is 0 Å². The fourth-order valence-corrected chi connectivity index (χ4v) is 1.15. The van der Waals surface area contributed by atoms with Crippen LogP contribution in [0.15, 0.2) is 0 Å². The molecule has 0 saturated heterocycles. The van der Waals surface area contributed by atoms with Crippen molar-refractivity contribution in [2.45, 2.75) is 32.1 Å². The second-order valence-corrected chi connectivity index (χ2v) is 8.76. The van der Waals surface area contributed by atoms with Gasteiger partial charge < -0.3 is 0 Å². The zero-order valence-corrected chi connectivity index (χ0v) is 10.4. The van der Waals surface area contributed by atoms with E-state index in [0.717, 1.165) is 13.0 Å². The molecular weight excluding hydrogens is 160 g/mol. The van der Waals surface area contributed by atoms with Crippen LogP contribution < -0.4 is 0 Å². The van der Waals surface area contributed by atoms with E-state index in [2.05, 4.69) is 19.6 Å². The average Bonchev–Trinajstić information content (AvgIpc) is 1.78. The predicted octanol–water partition coefficient (Wildman–Crippen LogP) is 0.943. The smallest absolute Gasteiger partial charge is 0.230 e. The first-order valence-electron chi connectivity index (χ1n) is 3.87. The second kappa shape index (κ2) is 5.06. The summed E-state index contributed by atoms with van der Waals surface area (Å²) in [5, 5.41) is 0. The maximum absolute atomic E-state index is 5.19. The quantitative estimate of drug-likeness (QED) is 0.270. The summed E-state index contributed by atoms with van der Waals surface area (Å²) in [6.45, 7) is 7.13. The molecule has 0 unspecified atom stereocenters. The van der Waals surface area contributed by atoms with E-state index in [4.69, 9.17) is 9.46 Å². The van der Waals surface area contributed by atoms with Crippen molar-refractivity contribution in [2.75, 3.05) is 6.61 Å². The minimum absolute atomic E-state index is 0.772. The highest BCUT2D eigenvalue weighted by Crippen LogP contribution is 2.03. The van der Waals surface area contributed by atoms with Gasteiger partial charge in [0.25, 0.3) is 0 Å². The monoisotopic (exact) mass is 178 g/mol. The third-order valence-corrected chi connectivity index (χ3v) is 2.22. The Bertz CT molecular complexity index is 80.3. The lowest BCUT2D eigenvalue weighted by atomic mass is 10.5. The molecule has 0 rings (SSSR count). The fourth-order valence-electron chi connectivity index (χ4n) is 0.422. The Morgan fingerprint density at radius 3 is 2.30 bits per heavy atom. The third-order valence-electron chi connectivity index (χ3n) is 0.890. The van der Waals surface area contributed by atoms with Crippen LogP contribution >= 0.6 is 0 Å². The first-order chi connectivity index (χ1) is 4.56. The van der Waals surface area contributed by atoms with Crippen LogP contribution in [-0.4, -0.2) is 25.2 Å². The average molecular weight is 178 g/mol. The predicted molar refractivity (Wildman–Crippen MR) is 49.7 cm³/mol. The number of rotatable bonds is 5. The molecule has 0 spiro atoms. The molecule has 0 aromatic heterocycles. The Kier molecular flexibility index (Phi) is 5.24. The van der Waals surface area contributed by atoms with Crippen molar-refractivity contribution < 1.29 is 9.46 Å². The molecule has 0 aliphatic carbocycles. The Morgan fingerprint density at radius 1 is 1.30 bits per heavy atom. The van der Waals surface area contributed by atoms with E-state index in [1.807, 2.05) is 0 Å². The number of hydrogen-bond donors (Lipinski definition) is 0. The summed E-state index contributed by atoms with van der Waals surface area (Å²) >= 11 is 0. The van der Waals surface area contributed by atoms with Gasteiger partial charge in [-0.15, -0.1) is 0 Å². The van der Waals surface area contributed by atoms with E-state index >= 15 is 0 Å². The topological polar surface area (TPSA) is 18.5 Å². The summed E-state index contributed by atoms with van der Waals surface area (Å²) < 4.78 is 5.19. The van der Waals surface area contributed by atoms with Gasteiger partial charge in [-0.1, -0.05) is 6.04 Å². The van der Waals surface area contributed by atoms with Gasteiger partial charge in [0.2, 0.25) is 8.32 Å². The van der Waals surface area contributed by atoms with Gasteiger partial charge in [-0.05, 0) is 26.1 Å². The standard InChI is InChI=1S/C6H18O2Si2/c1-10(2,3)8-7-5-4-6-9/h4-6H2,1-3,9H3. The fraction of sp³-hybridized carbons (Fsp3) is 1.00. The maximum atomic E-state index is 5.19. The molecule has 0 aliphatic rings. The highest BCUT2D eigenvalue weighted by Gasteiger charge is 2.15.